The van der Waals surface area contributed by atoms with Gasteiger partial charge >= 0.3 is 5.97 Å². The van der Waals surface area contributed by atoms with E-state index in [9.17, 15) is 19.5 Å². The number of phenolic OH excluding ortho intramolecular Hbond substituents is 1. The van der Waals surface area contributed by atoms with Gasteiger partial charge in [0, 0.05) is 27.6 Å². The van der Waals surface area contributed by atoms with Crippen LogP contribution in [-0.2, 0) is 10.8 Å². The average Bonchev–Trinajstić information content (AvgIpc) is 3.21. The number of carbonyl (C=O) groups excluding carboxylic acids is 3. The zero-order valence-electron chi connectivity index (χ0n) is 25.1. The van der Waals surface area contributed by atoms with Crippen molar-refractivity contribution in [2.75, 3.05) is 0 Å². The largest absolute Gasteiger partial charge is 0.507 e. The summed E-state index contributed by atoms with van der Waals surface area (Å²) >= 11 is 0. The number of pyridine rings is 1. The quantitative estimate of drug-likeness (QED) is 0.134. The summed E-state index contributed by atoms with van der Waals surface area (Å²) < 4.78 is 5.93. The van der Waals surface area contributed by atoms with Gasteiger partial charge in [-0.05, 0) is 51.9 Å². The van der Waals surface area contributed by atoms with Gasteiger partial charge in [-0.25, -0.2) is 9.78 Å². The van der Waals surface area contributed by atoms with Gasteiger partial charge in [-0.1, -0.05) is 90.1 Å². The van der Waals surface area contributed by atoms with Crippen molar-refractivity contribution in [3.8, 4) is 11.5 Å². The number of rotatable bonds is 3. The topological polar surface area (TPSA) is 93.6 Å². The molecule has 6 rings (SSSR count). The van der Waals surface area contributed by atoms with Crippen LogP contribution >= 0.6 is 0 Å². The first-order valence-electron chi connectivity index (χ1n) is 14.4. The fourth-order valence-corrected chi connectivity index (χ4v) is 5.86. The van der Waals surface area contributed by atoms with Gasteiger partial charge in [0.25, 0.3) is 0 Å². The van der Waals surface area contributed by atoms with Crippen LogP contribution in [0.3, 0.4) is 0 Å². The van der Waals surface area contributed by atoms with Crippen LogP contribution in [0.15, 0.2) is 78.9 Å². The molecule has 1 aliphatic rings. The van der Waals surface area contributed by atoms with Crippen LogP contribution in [0.25, 0.3) is 21.7 Å². The molecule has 1 N–H and O–H groups in total. The SMILES string of the molecule is CC(C)(C)c1cc(C(=O)Oc2cccc3ccc(C4C(=O)c5ccc6ccccc6c5C4=O)nc23)cc(C(C)(C)C)c1O. The number of para-hydroxylation sites is 1. The number of benzene rings is 4. The predicted molar refractivity (Wildman–Crippen MR) is 168 cm³/mol. The lowest BCUT2D eigenvalue weighted by Crippen LogP contribution is -2.20. The lowest BCUT2D eigenvalue weighted by Gasteiger charge is -2.28. The molecule has 0 fully saturated rings. The summed E-state index contributed by atoms with van der Waals surface area (Å²) in [6.45, 7) is 11.9. The van der Waals surface area contributed by atoms with Gasteiger partial charge in [0.05, 0.1) is 11.3 Å². The van der Waals surface area contributed by atoms with E-state index < -0.39 is 22.7 Å². The van der Waals surface area contributed by atoms with E-state index >= 15 is 0 Å². The maximum Gasteiger partial charge on any atom is 0.343 e. The molecule has 0 amide bonds. The Morgan fingerprint density at radius 1 is 0.767 bits per heavy atom. The molecule has 0 saturated carbocycles. The molecule has 0 radical (unpaired) electrons. The van der Waals surface area contributed by atoms with Crippen molar-refractivity contribution < 1.29 is 24.2 Å². The first-order chi connectivity index (χ1) is 20.3. The number of fused-ring (bicyclic) bond motifs is 4. The molecule has 0 bridgehead atoms. The number of ketones is 2. The van der Waals surface area contributed by atoms with Gasteiger partial charge in [0.2, 0.25) is 0 Å². The Balaban J connectivity index is 1.40. The highest BCUT2D eigenvalue weighted by atomic mass is 16.5. The smallest absolute Gasteiger partial charge is 0.343 e. The zero-order chi connectivity index (χ0) is 30.8. The van der Waals surface area contributed by atoms with E-state index in [0.717, 1.165) is 10.8 Å². The van der Waals surface area contributed by atoms with Crippen LogP contribution in [0, 0.1) is 0 Å². The molecule has 1 atom stereocenters. The lowest BCUT2D eigenvalue weighted by molar-refractivity contribution is 0.0735. The van der Waals surface area contributed by atoms with Gasteiger partial charge in [-0.15, -0.1) is 0 Å². The second kappa shape index (κ2) is 9.87. The second-order valence-electron chi connectivity index (χ2n) is 13.2. The molecule has 6 heteroatoms. The number of aromatic hydroxyl groups is 1. The fourth-order valence-electron chi connectivity index (χ4n) is 5.86. The van der Waals surface area contributed by atoms with E-state index in [1.807, 2.05) is 77.9 Å². The summed E-state index contributed by atoms with van der Waals surface area (Å²) in [6.07, 6.45) is 0. The highest BCUT2D eigenvalue weighted by molar-refractivity contribution is 6.33. The van der Waals surface area contributed by atoms with Crippen molar-refractivity contribution in [1.29, 1.82) is 0 Å². The summed E-state index contributed by atoms with van der Waals surface area (Å²) in [6, 6.07) is 23.1. The number of esters is 1. The van der Waals surface area contributed by atoms with Crippen LogP contribution in [0.5, 0.6) is 11.5 Å². The molecule has 1 aliphatic carbocycles. The van der Waals surface area contributed by atoms with E-state index in [0.29, 0.717) is 44.4 Å². The minimum absolute atomic E-state index is 0.174. The number of carbonyl (C=O) groups is 3. The van der Waals surface area contributed by atoms with Crippen molar-refractivity contribution in [3.05, 3.63) is 112 Å². The minimum atomic E-state index is -1.07. The van der Waals surface area contributed by atoms with Crippen LogP contribution in [0.4, 0.5) is 0 Å². The van der Waals surface area contributed by atoms with E-state index in [4.69, 9.17) is 9.72 Å². The van der Waals surface area contributed by atoms with Crippen LogP contribution in [0.1, 0.15) is 95.4 Å². The predicted octanol–water partition coefficient (Wildman–Crippen LogP) is 8.07. The van der Waals surface area contributed by atoms with Crippen molar-refractivity contribution in [2.24, 2.45) is 0 Å². The molecule has 1 heterocycles. The Morgan fingerprint density at radius 3 is 2.07 bits per heavy atom. The minimum Gasteiger partial charge on any atom is -0.507 e. The van der Waals surface area contributed by atoms with Crippen LogP contribution < -0.4 is 4.74 Å². The normalized spacial score (nSPS) is 15.3. The first-order valence-corrected chi connectivity index (χ1v) is 14.4. The summed E-state index contributed by atoms with van der Waals surface area (Å²) in [4.78, 5) is 45.6. The third-order valence-corrected chi connectivity index (χ3v) is 8.13. The number of nitrogens with zero attached hydrogens (tertiary/aromatic N) is 1. The maximum absolute atomic E-state index is 13.7. The van der Waals surface area contributed by atoms with Gasteiger partial charge < -0.3 is 9.84 Å². The third kappa shape index (κ3) is 4.77. The molecular formula is C37H33NO5. The van der Waals surface area contributed by atoms with Crippen molar-refractivity contribution >= 4 is 39.2 Å². The van der Waals surface area contributed by atoms with E-state index in [1.165, 1.54) is 0 Å². The van der Waals surface area contributed by atoms with Gasteiger partial charge in [-0.2, -0.15) is 0 Å². The molecule has 0 saturated heterocycles. The molecular weight excluding hydrogens is 538 g/mol. The number of Topliss-reactive ketones (excluding diaryl/α,β-unsaturated/α-hetero) is 2. The van der Waals surface area contributed by atoms with Crippen molar-refractivity contribution in [3.63, 3.8) is 0 Å². The Labute approximate surface area is 250 Å². The Bertz CT molecular complexity index is 1960. The summed E-state index contributed by atoms with van der Waals surface area (Å²) in [7, 11) is 0. The molecule has 216 valence electrons. The van der Waals surface area contributed by atoms with Gasteiger partial charge in [0.1, 0.15) is 17.2 Å². The number of ether oxygens (including phenoxy) is 1. The second-order valence-corrected chi connectivity index (χ2v) is 13.2. The lowest BCUT2D eigenvalue weighted by atomic mass is 9.78. The summed E-state index contributed by atoms with van der Waals surface area (Å²) in [5, 5.41) is 13.4. The number of hydrogen-bond acceptors (Lipinski definition) is 6. The van der Waals surface area contributed by atoms with E-state index in [-0.39, 0.29) is 23.1 Å². The first kappa shape index (κ1) is 28.3. The maximum atomic E-state index is 13.7. The van der Waals surface area contributed by atoms with Gasteiger partial charge in [0.15, 0.2) is 17.3 Å². The van der Waals surface area contributed by atoms with Crippen LogP contribution in [0.2, 0.25) is 0 Å². The summed E-state index contributed by atoms with van der Waals surface area (Å²) in [5.41, 5.74) is 2.27. The third-order valence-electron chi connectivity index (χ3n) is 8.13. The molecule has 0 spiro atoms. The Kier molecular flexibility index (Phi) is 6.49. The number of aromatic nitrogens is 1. The standard InChI is InChI=1S/C37H33NO5/c1-36(2,3)25-18-22(19-26(33(25)40)37(4,5)6)35(42)43-28-13-9-11-21-15-17-27(38-31(21)28)30-32(39)24-16-14-20-10-7-8-12-23(20)29(24)34(30)41/h7-19,30,40H,1-6H3. The molecule has 1 aromatic heterocycles. The monoisotopic (exact) mass is 571 g/mol. The highest BCUT2D eigenvalue weighted by Crippen LogP contribution is 2.41. The average molecular weight is 572 g/mol. The fraction of sp³-hybridized carbons (Fsp3) is 0.243. The van der Waals surface area contributed by atoms with Crippen molar-refractivity contribution in [2.45, 2.75) is 58.3 Å². The van der Waals surface area contributed by atoms with E-state index in [1.54, 1.807) is 42.5 Å². The Hall–Kier alpha value is -4.84. The molecule has 6 nitrogen and oxygen atoms in total. The zero-order valence-corrected chi connectivity index (χ0v) is 25.1. The molecule has 0 aliphatic heterocycles. The number of hydrogen-bond donors (Lipinski definition) is 1. The van der Waals surface area contributed by atoms with Crippen molar-refractivity contribution in [1.82, 2.24) is 4.98 Å². The molecule has 5 aromatic rings. The Morgan fingerprint density at radius 2 is 1.40 bits per heavy atom. The molecule has 43 heavy (non-hydrogen) atoms. The van der Waals surface area contributed by atoms with Gasteiger partial charge in [-0.3, -0.25) is 9.59 Å². The summed E-state index contributed by atoms with van der Waals surface area (Å²) in [5.74, 6) is -1.86. The molecule has 4 aromatic carbocycles. The highest BCUT2D eigenvalue weighted by Gasteiger charge is 2.41. The van der Waals surface area contributed by atoms with Crippen LogP contribution in [-0.4, -0.2) is 27.6 Å². The van der Waals surface area contributed by atoms with E-state index in [2.05, 4.69) is 0 Å². The number of phenols is 1. The molecule has 1 unspecified atom stereocenters.